The third-order valence-electron chi connectivity index (χ3n) is 5.46. The number of nitrogens with one attached hydrogen (secondary N) is 2. The maximum atomic E-state index is 5.82. The Morgan fingerprint density at radius 3 is 1.86 bits per heavy atom. The lowest BCUT2D eigenvalue weighted by Gasteiger charge is -2.34. The van der Waals surface area contributed by atoms with Crippen LogP contribution in [0.5, 0.6) is 0 Å². The van der Waals surface area contributed by atoms with E-state index in [1.807, 2.05) is 5.06 Å². The maximum absolute atomic E-state index is 5.82. The number of rotatable bonds is 8. The quantitative estimate of drug-likeness (QED) is 0.351. The van der Waals surface area contributed by atoms with Crippen molar-refractivity contribution in [3.63, 3.8) is 0 Å². The van der Waals surface area contributed by atoms with Crippen molar-refractivity contribution < 1.29 is 4.84 Å². The van der Waals surface area contributed by atoms with E-state index >= 15 is 0 Å². The van der Waals surface area contributed by atoms with E-state index in [1.165, 1.54) is 27.8 Å². The highest BCUT2D eigenvalue weighted by Gasteiger charge is 2.44. The van der Waals surface area contributed by atoms with E-state index in [-0.39, 0.29) is 0 Å². The monoisotopic (exact) mass is 373 g/mol. The molecule has 3 aromatic carbocycles. The molecular weight excluding hydrogens is 346 g/mol. The number of fused-ring (bicyclic) bond motifs is 3. The lowest BCUT2D eigenvalue weighted by atomic mass is 9.81. The molecule has 1 aliphatic carbocycles. The van der Waals surface area contributed by atoms with Gasteiger partial charge < -0.3 is 0 Å². The zero-order valence-corrected chi connectivity index (χ0v) is 16.5. The smallest absolute Gasteiger partial charge is 0.131 e. The molecular formula is C24H27N3O. The molecule has 0 aliphatic heterocycles. The molecule has 0 atom stereocenters. The normalized spacial score (nSPS) is 14.1. The Balaban J connectivity index is 1.75. The number of hydrogen-bond donors (Lipinski definition) is 2. The van der Waals surface area contributed by atoms with Crippen LogP contribution in [0.4, 0.5) is 0 Å². The standard InChI is InChI=1S/C24H27N3O/c1-3-27(4-2)28-18-25-26-24(19-12-6-5-7-13-19)22-16-10-8-14-20(22)21-15-9-11-17-23(21)24/h5-17,25-26H,3-4,18H2,1-2H3. The van der Waals surface area contributed by atoms with Gasteiger partial charge in [0.1, 0.15) is 12.3 Å². The Morgan fingerprint density at radius 1 is 0.750 bits per heavy atom. The molecule has 0 aromatic heterocycles. The van der Waals surface area contributed by atoms with Crippen LogP contribution < -0.4 is 10.9 Å². The molecule has 2 N–H and O–H groups in total. The highest BCUT2D eigenvalue weighted by Crippen LogP contribution is 2.50. The molecule has 4 rings (SSSR count). The number of hydroxylamine groups is 2. The van der Waals surface area contributed by atoms with E-state index in [2.05, 4.69) is 104 Å². The van der Waals surface area contributed by atoms with Gasteiger partial charge in [-0.15, -0.1) is 0 Å². The minimum absolute atomic E-state index is 0.389. The van der Waals surface area contributed by atoms with Gasteiger partial charge in [-0.25, -0.2) is 10.9 Å². The van der Waals surface area contributed by atoms with Crippen LogP contribution in [0.1, 0.15) is 30.5 Å². The largest absolute Gasteiger partial charge is 0.282 e. The highest BCUT2D eigenvalue weighted by molar-refractivity contribution is 5.82. The van der Waals surface area contributed by atoms with Gasteiger partial charge in [-0.1, -0.05) is 92.7 Å². The molecule has 144 valence electrons. The van der Waals surface area contributed by atoms with Gasteiger partial charge in [0.2, 0.25) is 0 Å². The molecule has 0 saturated carbocycles. The second-order valence-electron chi connectivity index (χ2n) is 6.90. The first-order valence-electron chi connectivity index (χ1n) is 9.94. The second kappa shape index (κ2) is 8.25. The van der Waals surface area contributed by atoms with Crippen LogP contribution in [0.25, 0.3) is 11.1 Å². The van der Waals surface area contributed by atoms with E-state index in [1.54, 1.807) is 0 Å². The minimum atomic E-state index is -0.471. The summed E-state index contributed by atoms with van der Waals surface area (Å²) in [6.45, 7) is 6.28. The van der Waals surface area contributed by atoms with Gasteiger partial charge in [-0.3, -0.25) is 4.84 Å². The number of benzene rings is 3. The van der Waals surface area contributed by atoms with Crippen LogP contribution in [0.2, 0.25) is 0 Å². The first-order chi connectivity index (χ1) is 13.8. The van der Waals surface area contributed by atoms with E-state index in [0.29, 0.717) is 6.73 Å². The summed E-state index contributed by atoms with van der Waals surface area (Å²) in [5.41, 5.74) is 12.7. The molecule has 0 heterocycles. The van der Waals surface area contributed by atoms with Crippen molar-refractivity contribution in [1.82, 2.24) is 15.9 Å². The van der Waals surface area contributed by atoms with Crippen LogP contribution in [-0.2, 0) is 10.4 Å². The van der Waals surface area contributed by atoms with Gasteiger partial charge in [0.25, 0.3) is 0 Å². The van der Waals surface area contributed by atoms with Gasteiger partial charge in [0.05, 0.1) is 0 Å². The molecule has 4 nitrogen and oxygen atoms in total. The number of hydrogen-bond acceptors (Lipinski definition) is 4. The Hall–Kier alpha value is -2.50. The van der Waals surface area contributed by atoms with E-state index in [9.17, 15) is 0 Å². The van der Waals surface area contributed by atoms with Gasteiger partial charge in [-0.05, 0) is 27.8 Å². The average molecular weight is 374 g/mol. The lowest BCUT2D eigenvalue weighted by Crippen LogP contribution is -2.51. The van der Waals surface area contributed by atoms with Crippen LogP contribution >= 0.6 is 0 Å². The molecule has 0 amide bonds. The fourth-order valence-electron chi connectivity index (χ4n) is 4.14. The lowest BCUT2D eigenvalue weighted by molar-refractivity contribution is -0.162. The molecule has 0 fully saturated rings. The SMILES string of the molecule is CCN(CC)OCNNC1(c2ccccc2)c2ccccc2-c2ccccc21. The summed E-state index contributed by atoms with van der Waals surface area (Å²) < 4.78 is 0. The predicted octanol–water partition coefficient (Wildman–Crippen LogP) is 4.28. The first-order valence-corrected chi connectivity index (χ1v) is 9.94. The van der Waals surface area contributed by atoms with Crippen LogP contribution in [0, 0.1) is 0 Å². The third kappa shape index (κ3) is 3.15. The maximum Gasteiger partial charge on any atom is 0.131 e. The molecule has 28 heavy (non-hydrogen) atoms. The van der Waals surface area contributed by atoms with Gasteiger partial charge in [0.15, 0.2) is 0 Å². The second-order valence-corrected chi connectivity index (χ2v) is 6.90. The summed E-state index contributed by atoms with van der Waals surface area (Å²) in [4.78, 5) is 5.82. The zero-order chi connectivity index (χ0) is 19.4. The summed E-state index contributed by atoms with van der Waals surface area (Å²) in [6.07, 6.45) is 0. The van der Waals surface area contributed by atoms with Crippen molar-refractivity contribution in [2.75, 3.05) is 19.8 Å². The molecule has 0 bridgehead atoms. The summed E-state index contributed by atoms with van der Waals surface area (Å²) in [5.74, 6) is 0. The number of hydrazine groups is 1. The summed E-state index contributed by atoms with van der Waals surface area (Å²) in [5, 5.41) is 1.93. The van der Waals surface area contributed by atoms with E-state index in [4.69, 9.17) is 4.84 Å². The minimum Gasteiger partial charge on any atom is -0.282 e. The Kier molecular flexibility index (Phi) is 5.55. The molecule has 0 spiro atoms. The highest BCUT2D eigenvalue weighted by atomic mass is 16.7. The zero-order valence-electron chi connectivity index (χ0n) is 16.5. The van der Waals surface area contributed by atoms with E-state index in [0.717, 1.165) is 13.1 Å². The van der Waals surface area contributed by atoms with Crippen molar-refractivity contribution in [3.8, 4) is 11.1 Å². The van der Waals surface area contributed by atoms with Crippen molar-refractivity contribution in [2.24, 2.45) is 0 Å². The van der Waals surface area contributed by atoms with Crippen molar-refractivity contribution in [1.29, 1.82) is 0 Å². The van der Waals surface area contributed by atoms with Gasteiger partial charge in [-0.2, -0.15) is 5.06 Å². The van der Waals surface area contributed by atoms with Gasteiger partial charge >= 0.3 is 0 Å². The van der Waals surface area contributed by atoms with Crippen LogP contribution in [0.15, 0.2) is 78.9 Å². The Bertz CT molecular complexity index is 876. The summed E-state index contributed by atoms with van der Waals surface area (Å²) in [7, 11) is 0. The molecule has 0 radical (unpaired) electrons. The Morgan fingerprint density at radius 2 is 1.29 bits per heavy atom. The topological polar surface area (TPSA) is 36.5 Å². The molecule has 1 aliphatic rings. The van der Waals surface area contributed by atoms with Crippen LogP contribution in [0.3, 0.4) is 0 Å². The molecule has 0 unspecified atom stereocenters. The third-order valence-corrected chi connectivity index (χ3v) is 5.46. The fourth-order valence-corrected chi connectivity index (χ4v) is 4.14. The average Bonchev–Trinajstić information content (AvgIpc) is 3.06. The summed E-state index contributed by atoms with van der Waals surface area (Å²) >= 11 is 0. The first kappa shape index (κ1) is 18.8. The van der Waals surface area contributed by atoms with Gasteiger partial charge in [0, 0.05) is 13.1 Å². The predicted molar refractivity (Wildman–Crippen MR) is 113 cm³/mol. The van der Waals surface area contributed by atoms with Crippen LogP contribution in [-0.4, -0.2) is 24.9 Å². The molecule has 4 heteroatoms. The van der Waals surface area contributed by atoms with Crippen molar-refractivity contribution in [2.45, 2.75) is 19.4 Å². The molecule has 3 aromatic rings. The van der Waals surface area contributed by atoms with Crippen molar-refractivity contribution >= 4 is 0 Å². The Labute approximate surface area is 167 Å². The number of nitrogens with zero attached hydrogens (tertiary/aromatic N) is 1. The van der Waals surface area contributed by atoms with Crippen molar-refractivity contribution in [3.05, 3.63) is 95.6 Å². The summed E-state index contributed by atoms with van der Waals surface area (Å²) in [6, 6.07) is 27.8. The van der Waals surface area contributed by atoms with E-state index < -0.39 is 5.54 Å². The fraction of sp³-hybridized carbons (Fsp3) is 0.250. The molecule has 0 saturated heterocycles.